The molecule has 1 aromatic heterocycles. The van der Waals surface area contributed by atoms with Crippen LogP contribution in [0.4, 0.5) is 0 Å². The topological polar surface area (TPSA) is 94.4 Å². The van der Waals surface area contributed by atoms with Crippen molar-refractivity contribution in [2.45, 2.75) is 12.1 Å². The molecule has 2 amide bonds. The van der Waals surface area contributed by atoms with Crippen molar-refractivity contribution >= 4 is 41.1 Å². The summed E-state index contributed by atoms with van der Waals surface area (Å²) in [5, 5.41) is 9.36. The number of fused-ring (bicyclic) bond motifs is 1. The average Bonchev–Trinajstić information content (AvgIpc) is 3.28. The molecule has 1 aliphatic heterocycles. The smallest absolute Gasteiger partial charge is 0.329 e. The van der Waals surface area contributed by atoms with E-state index in [1.165, 1.54) is 18.5 Å². The number of amides is 2. The Balaban J connectivity index is 1.43. The molecule has 146 valence electrons. The van der Waals surface area contributed by atoms with Crippen LogP contribution in [-0.4, -0.2) is 43.4 Å². The summed E-state index contributed by atoms with van der Waals surface area (Å²) in [5.74, 6) is -2.27. The fourth-order valence-electron chi connectivity index (χ4n) is 2.73. The zero-order chi connectivity index (χ0) is 20.5. The lowest BCUT2D eigenvalue weighted by molar-refractivity contribution is -0.165. The van der Waals surface area contributed by atoms with Gasteiger partial charge in [0.25, 0.3) is 11.8 Å². The Morgan fingerprint density at radius 2 is 1.83 bits per heavy atom. The molecular formula is C19H13ClN4O4S. The molecule has 1 aliphatic rings. The van der Waals surface area contributed by atoms with E-state index in [4.69, 9.17) is 16.4 Å². The van der Waals surface area contributed by atoms with Crippen LogP contribution in [-0.2, 0) is 9.63 Å². The predicted octanol–water partition coefficient (Wildman–Crippen LogP) is 3.08. The van der Waals surface area contributed by atoms with Gasteiger partial charge in [-0.25, -0.2) is 4.79 Å². The number of benzene rings is 2. The van der Waals surface area contributed by atoms with Crippen LogP contribution in [0.25, 0.3) is 5.69 Å². The van der Waals surface area contributed by atoms with Crippen molar-refractivity contribution in [2.75, 3.05) is 5.75 Å². The maximum Gasteiger partial charge on any atom is 0.343 e. The quantitative estimate of drug-likeness (QED) is 0.455. The molecule has 3 aromatic rings. The fourth-order valence-corrected chi connectivity index (χ4v) is 3.60. The number of hydroxylamine groups is 2. The summed E-state index contributed by atoms with van der Waals surface area (Å²) >= 11 is 7.23. The number of rotatable bonds is 5. The maximum absolute atomic E-state index is 12.3. The number of nitrogens with zero attached hydrogens (tertiary/aromatic N) is 4. The van der Waals surface area contributed by atoms with E-state index >= 15 is 0 Å². The Morgan fingerprint density at radius 1 is 1.14 bits per heavy atom. The molecule has 0 fully saturated rings. The van der Waals surface area contributed by atoms with Crippen molar-refractivity contribution in [2.24, 2.45) is 0 Å². The van der Waals surface area contributed by atoms with Gasteiger partial charge >= 0.3 is 5.97 Å². The summed E-state index contributed by atoms with van der Waals surface area (Å²) in [7, 11) is 0. The third-order valence-corrected chi connectivity index (χ3v) is 5.54. The lowest BCUT2D eigenvalue weighted by Crippen LogP contribution is -2.33. The largest absolute Gasteiger partial charge is 0.343 e. The molecule has 4 rings (SSSR count). The van der Waals surface area contributed by atoms with Gasteiger partial charge in [0.15, 0.2) is 5.16 Å². The van der Waals surface area contributed by atoms with Crippen LogP contribution >= 0.6 is 23.4 Å². The first kappa shape index (κ1) is 19.2. The molecule has 0 saturated carbocycles. The van der Waals surface area contributed by atoms with Gasteiger partial charge in [0.1, 0.15) is 12.1 Å². The van der Waals surface area contributed by atoms with E-state index in [1.807, 2.05) is 19.1 Å². The van der Waals surface area contributed by atoms with Gasteiger partial charge < -0.3 is 4.84 Å². The summed E-state index contributed by atoms with van der Waals surface area (Å²) in [6.45, 7) is 1.89. The van der Waals surface area contributed by atoms with Crippen molar-refractivity contribution in [3.05, 3.63) is 70.5 Å². The molecule has 2 heterocycles. The van der Waals surface area contributed by atoms with Crippen LogP contribution < -0.4 is 0 Å². The van der Waals surface area contributed by atoms with Gasteiger partial charge in [-0.05, 0) is 36.8 Å². The van der Waals surface area contributed by atoms with Gasteiger partial charge in [0.2, 0.25) is 0 Å². The Kier molecular flexibility index (Phi) is 5.08. The molecule has 0 N–H and O–H groups in total. The normalized spacial score (nSPS) is 13.0. The monoisotopic (exact) mass is 428 g/mol. The Morgan fingerprint density at radius 3 is 2.48 bits per heavy atom. The van der Waals surface area contributed by atoms with Crippen LogP contribution in [0.5, 0.6) is 0 Å². The van der Waals surface area contributed by atoms with Crippen molar-refractivity contribution in [1.82, 2.24) is 19.8 Å². The lowest BCUT2D eigenvalue weighted by atomic mass is 10.1. The standard InChI is InChI=1S/C19H13ClN4O4S/c1-11-6-7-12(8-15(11)20)23-10-21-22-19(23)29-9-16(25)28-24-17(26)13-4-2-3-5-14(13)18(24)27/h2-8,10H,9H2,1H3. The van der Waals surface area contributed by atoms with E-state index in [0.717, 1.165) is 23.0 Å². The van der Waals surface area contributed by atoms with Crippen LogP contribution in [0.2, 0.25) is 5.02 Å². The Bertz CT molecular complexity index is 1110. The summed E-state index contributed by atoms with van der Waals surface area (Å²) < 4.78 is 1.67. The van der Waals surface area contributed by atoms with Crippen LogP contribution in [0, 0.1) is 6.92 Å². The lowest BCUT2D eigenvalue weighted by Gasteiger charge is -2.12. The van der Waals surface area contributed by atoms with Gasteiger partial charge in [-0.15, -0.1) is 10.2 Å². The summed E-state index contributed by atoms with van der Waals surface area (Å²) in [5.41, 5.74) is 2.08. The first-order valence-electron chi connectivity index (χ1n) is 8.43. The van der Waals surface area contributed by atoms with Crippen molar-refractivity contribution in [3.63, 3.8) is 0 Å². The first-order valence-corrected chi connectivity index (χ1v) is 9.80. The highest BCUT2D eigenvalue weighted by molar-refractivity contribution is 7.99. The molecule has 0 unspecified atom stereocenters. The molecule has 0 spiro atoms. The molecule has 2 aromatic carbocycles. The number of carbonyl (C=O) groups excluding carboxylic acids is 3. The number of hydrogen-bond acceptors (Lipinski definition) is 7. The SMILES string of the molecule is Cc1ccc(-n2cnnc2SCC(=O)ON2C(=O)c3ccccc3C2=O)cc1Cl. The minimum Gasteiger partial charge on any atom is -0.329 e. The second-order valence-electron chi connectivity index (χ2n) is 6.12. The minimum absolute atomic E-state index is 0.175. The molecule has 8 nitrogen and oxygen atoms in total. The van der Waals surface area contributed by atoms with Gasteiger partial charge in [0.05, 0.1) is 16.8 Å². The van der Waals surface area contributed by atoms with Crippen LogP contribution in [0.1, 0.15) is 26.3 Å². The molecule has 0 saturated heterocycles. The Labute approximate surface area is 174 Å². The molecule has 0 radical (unpaired) electrons. The summed E-state index contributed by atoms with van der Waals surface area (Å²) in [6, 6.07) is 11.8. The fraction of sp³-hybridized carbons (Fsp3) is 0.105. The number of aromatic nitrogens is 3. The third kappa shape index (κ3) is 3.62. The number of carbonyl (C=O) groups is 3. The average molecular weight is 429 g/mol. The highest BCUT2D eigenvalue weighted by Crippen LogP contribution is 2.25. The zero-order valence-electron chi connectivity index (χ0n) is 15.0. The first-order chi connectivity index (χ1) is 14.0. The number of halogens is 1. The molecule has 0 aliphatic carbocycles. The number of imide groups is 1. The zero-order valence-corrected chi connectivity index (χ0v) is 16.6. The maximum atomic E-state index is 12.3. The van der Waals surface area contributed by atoms with E-state index in [0.29, 0.717) is 15.2 Å². The van der Waals surface area contributed by atoms with Gasteiger partial charge in [-0.3, -0.25) is 14.2 Å². The molecule has 0 bridgehead atoms. The van der Waals surface area contributed by atoms with Crippen molar-refractivity contribution in [1.29, 1.82) is 0 Å². The number of aryl methyl sites for hydroxylation is 1. The van der Waals surface area contributed by atoms with Crippen LogP contribution in [0.15, 0.2) is 53.9 Å². The van der Waals surface area contributed by atoms with E-state index in [9.17, 15) is 14.4 Å². The minimum atomic E-state index is -0.763. The van der Waals surface area contributed by atoms with Crippen molar-refractivity contribution < 1.29 is 19.2 Å². The van der Waals surface area contributed by atoms with Gasteiger partial charge in [-0.2, -0.15) is 0 Å². The van der Waals surface area contributed by atoms with E-state index in [-0.39, 0.29) is 16.9 Å². The number of thioether (sulfide) groups is 1. The second kappa shape index (κ2) is 7.69. The second-order valence-corrected chi connectivity index (χ2v) is 7.47. The number of hydrogen-bond donors (Lipinski definition) is 0. The molecule has 0 atom stereocenters. The van der Waals surface area contributed by atoms with Crippen LogP contribution in [0.3, 0.4) is 0 Å². The summed E-state index contributed by atoms with van der Waals surface area (Å²) in [6.07, 6.45) is 1.50. The van der Waals surface area contributed by atoms with E-state index in [1.54, 1.807) is 22.8 Å². The molecule has 29 heavy (non-hydrogen) atoms. The highest BCUT2D eigenvalue weighted by Gasteiger charge is 2.38. The summed E-state index contributed by atoms with van der Waals surface area (Å²) in [4.78, 5) is 41.7. The molecular weight excluding hydrogens is 416 g/mol. The Hall–Kier alpha value is -3.17. The van der Waals surface area contributed by atoms with E-state index in [2.05, 4.69) is 10.2 Å². The van der Waals surface area contributed by atoms with Gasteiger partial charge in [0, 0.05) is 5.02 Å². The molecule has 10 heteroatoms. The highest BCUT2D eigenvalue weighted by atomic mass is 35.5. The van der Waals surface area contributed by atoms with Gasteiger partial charge in [-0.1, -0.05) is 46.6 Å². The predicted molar refractivity (Wildman–Crippen MR) is 105 cm³/mol. The van der Waals surface area contributed by atoms with E-state index < -0.39 is 17.8 Å². The van der Waals surface area contributed by atoms with Crippen molar-refractivity contribution in [3.8, 4) is 5.69 Å². The third-order valence-electron chi connectivity index (χ3n) is 4.22.